The minimum absolute atomic E-state index is 0.0666. The summed E-state index contributed by atoms with van der Waals surface area (Å²) in [5.41, 5.74) is 8.41. The number of allylic oxidation sites excluding steroid dienone is 5. The Morgan fingerprint density at radius 3 is 2.46 bits per heavy atom. The fraction of sp³-hybridized carbons (Fsp3) is 0.639. The first-order chi connectivity index (χ1) is 18.8. The summed E-state index contributed by atoms with van der Waals surface area (Å²) in [5, 5.41) is 0. The SMILES string of the molecule is C=CC(CC(C)CCC)/C(CC1(CC)CN(c2cc(C3CC3)c(C3=CC=C(C)CC3)c(F)c2CCC)C1)=N/C. The molecule has 0 spiro atoms. The molecule has 1 heterocycles. The van der Waals surface area contributed by atoms with E-state index in [-0.39, 0.29) is 11.2 Å². The van der Waals surface area contributed by atoms with Crippen LogP contribution in [-0.4, -0.2) is 25.8 Å². The van der Waals surface area contributed by atoms with Gasteiger partial charge in [-0.15, -0.1) is 6.58 Å². The van der Waals surface area contributed by atoms with Crippen LogP contribution in [0, 0.1) is 23.1 Å². The van der Waals surface area contributed by atoms with Crippen LogP contribution in [0.25, 0.3) is 5.57 Å². The van der Waals surface area contributed by atoms with Crippen LogP contribution in [0.2, 0.25) is 0 Å². The average Bonchev–Trinajstić information content (AvgIpc) is 3.75. The molecule has 3 aliphatic rings. The number of anilines is 1. The molecule has 2 nitrogen and oxygen atoms in total. The van der Waals surface area contributed by atoms with Crippen molar-refractivity contribution in [3.05, 3.63) is 59.0 Å². The van der Waals surface area contributed by atoms with Gasteiger partial charge in [-0.05, 0) is 87.3 Å². The lowest BCUT2D eigenvalue weighted by molar-refractivity contribution is 0.211. The summed E-state index contributed by atoms with van der Waals surface area (Å²) in [5.74, 6) is 1.62. The highest BCUT2D eigenvalue weighted by molar-refractivity contribution is 5.89. The van der Waals surface area contributed by atoms with Crippen molar-refractivity contribution in [1.82, 2.24) is 0 Å². The zero-order valence-corrected chi connectivity index (χ0v) is 25.7. The molecular weight excluding hydrogens is 479 g/mol. The Morgan fingerprint density at radius 2 is 1.92 bits per heavy atom. The number of nitrogens with zero attached hydrogens (tertiary/aromatic N) is 2. The van der Waals surface area contributed by atoms with E-state index in [1.54, 1.807) is 0 Å². The maximum absolute atomic E-state index is 16.5. The van der Waals surface area contributed by atoms with Crippen molar-refractivity contribution in [2.75, 3.05) is 25.0 Å². The van der Waals surface area contributed by atoms with Crippen LogP contribution < -0.4 is 4.90 Å². The van der Waals surface area contributed by atoms with Crippen molar-refractivity contribution >= 4 is 17.0 Å². The maximum Gasteiger partial charge on any atom is 0.136 e. The molecule has 3 heteroatoms. The standard InChI is InChI=1S/C36H53FN2/c1-8-12-26(6)20-27(10-3)32(38-7)22-36(11-4)23-39(24-36)33-21-31(28-18-19-28)34(35(37)30(33)13-9-2)29-16-14-25(5)15-17-29/h10,14,16,21,26-28H,3,8-9,11-13,15,17-20,22-24H2,1-2,4-7H3/b38-32+. The molecular formula is C36H53FN2. The van der Waals surface area contributed by atoms with Crippen molar-refractivity contribution in [2.45, 2.75) is 111 Å². The number of halogens is 1. The van der Waals surface area contributed by atoms with Crippen molar-refractivity contribution in [3.8, 4) is 0 Å². The summed E-state index contributed by atoms with van der Waals surface area (Å²) in [6.45, 7) is 17.5. The van der Waals surface area contributed by atoms with E-state index in [1.165, 1.54) is 53.8 Å². The summed E-state index contributed by atoms with van der Waals surface area (Å²) >= 11 is 0. The highest BCUT2D eigenvalue weighted by Gasteiger charge is 2.44. The van der Waals surface area contributed by atoms with Crippen molar-refractivity contribution in [2.24, 2.45) is 22.2 Å². The molecule has 39 heavy (non-hydrogen) atoms. The van der Waals surface area contributed by atoms with Crippen molar-refractivity contribution in [1.29, 1.82) is 0 Å². The molecule has 0 aromatic heterocycles. The van der Waals surface area contributed by atoms with E-state index in [0.29, 0.717) is 17.8 Å². The van der Waals surface area contributed by atoms with E-state index in [0.717, 1.165) is 69.2 Å². The first kappa shape index (κ1) is 29.8. The third kappa shape index (κ3) is 6.60. The molecule has 214 valence electrons. The average molecular weight is 533 g/mol. The van der Waals surface area contributed by atoms with Gasteiger partial charge >= 0.3 is 0 Å². The lowest BCUT2D eigenvalue weighted by Gasteiger charge is -2.52. The fourth-order valence-corrected chi connectivity index (χ4v) is 7.03. The topological polar surface area (TPSA) is 15.6 Å². The molecule has 4 rings (SSSR count). The second-order valence-corrected chi connectivity index (χ2v) is 13.0. The summed E-state index contributed by atoms with van der Waals surface area (Å²) in [6.07, 6.45) is 18.4. The second kappa shape index (κ2) is 13.0. The van der Waals surface area contributed by atoms with Gasteiger partial charge in [-0.3, -0.25) is 4.99 Å². The van der Waals surface area contributed by atoms with E-state index in [4.69, 9.17) is 4.99 Å². The number of hydrogen-bond acceptors (Lipinski definition) is 2. The molecule has 0 bridgehead atoms. The van der Waals surface area contributed by atoms with Gasteiger partial charge in [-0.25, -0.2) is 4.39 Å². The highest BCUT2D eigenvalue weighted by atomic mass is 19.1. The third-order valence-corrected chi connectivity index (χ3v) is 9.71. The van der Waals surface area contributed by atoms with Gasteiger partial charge in [0.25, 0.3) is 0 Å². The predicted octanol–water partition coefficient (Wildman–Crippen LogP) is 10.1. The van der Waals surface area contributed by atoms with Crippen LogP contribution in [0.3, 0.4) is 0 Å². The zero-order valence-electron chi connectivity index (χ0n) is 25.7. The van der Waals surface area contributed by atoms with E-state index >= 15 is 4.39 Å². The van der Waals surface area contributed by atoms with Crippen LogP contribution in [0.1, 0.15) is 121 Å². The molecule has 0 radical (unpaired) electrons. The summed E-state index contributed by atoms with van der Waals surface area (Å²) < 4.78 is 16.5. The first-order valence-electron chi connectivity index (χ1n) is 15.8. The van der Waals surface area contributed by atoms with Crippen LogP contribution >= 0.6 is 0 Å². The summed E-state index contributed by atoms with van der Waals surface area (Å²) in [6, 6.07) is 2.40. The summed E-state index contributed by atoms with van der Waals surface area (Å²) in [4.78, 5) is 7.30. The monoisotopic (exact) mass is 532 g/mol. The van der Waals surface area contributed by atoms with E-state index in [2.05, 4.69) is 70.4 Å². The Morgan fingerprint density at radius 1 is 1.18 bits per heavy atom. The Kier molecular flexibility index (Phi) is 9.94. The van der Waals surface area contributed by atoms with Gasteiger partial charge in [-0.1, -0.05) is 70.8 Å². The molecule has 1 aromatic carbocycles. The van der Waals surface area contributed by atoms with Crippen LogP contribution in [-0.2, 0) is 6.42 Å². The number of hydrogen-bond donors (Lipinski definition) is 0. The molecule has 1 saturated heterocycles. The highest BCUT2D eigenvalue weighted by Crippen LogP contribution is 2.50. The van der Waals surface area contributed by atoms with Crippen LogP contribution in [0.15, 0.2) is 41.4 Å². The van der Waals surface area contributed by atoms with Gasteiger partial charge in [0.05, 0.1) is 0 Å². The minimum Gasteiger partial charge on any atom is -0.370 e. The second-order valence-electron chi connectivity index (χ2n) is 13.0. The number of benzene rings is 1. The number of rotatable bonds is 14. The van der Waals surface area contributed by atoms with Gasteiger partial charge in [0.15, 0.2) is 0 Å². The lowest BCUT2D eigenvalue weighted by Crippen LogP contribution is -2.57. The van der Waals surface area contributed by atoms with Gasteiger partial charge in [0.1, 0.15) is 5.82 Å². The third-order valence-electron chi connectivity index (χ3n) is 9.71. The molecule has 2 aliphatic carbocycles. The van der Waals surface area contributed by atoms with E-state index in [1.807, 2.05) is 7.05 Å². The zero-order chi connectivity index (χ0) is 28.2. The molecule has 2 atom stereocenters. The molecule has 1 aromatic rings. The van der Waals surface area contributed by atoms with Gasteiger partial charge in [0, 0.05) is 54.0 Å². The normalized spacial score (nSPS) is 20.7. The largest absolute Gasteiger partial charge is 0.370 e. The molecule has 1 aliphatic heterocycles. The van der Waals surface area contributed by atoms with Gasteiger partial charge < -0.3 is 4.90 Å². The van der Waals surface area contributed by atoms with Crippen LogP contribution in [0.4, 0.5) is 10.1 Å². The van der Waals surface area contributed by atoms with E-state index in [9.17, 15) is 0 Å². The molecule has 2 fully saturated rings. The number of aliphatic imine (C=N–C) groups is 1. The Bertz CT molecular complexity index is 1110. The van der Waals surface area contributed by atoms with Crippen LogP contribution in [0.5, 0.6) is 0 Å². The van der Waals surface area contributed by atoms with Crippen molar-refractivity contribution in [3.63, 3.8) is 0 Å². The summed E-state index contributed by atoms with van der Waals surface area (Å²) in [7, 11) is 1.96. The lowest BCUT2D eigenvalue weighted by atomic mass is 9.70. The molecule has 0 N–H and O–H groups in total. The van der Waals surface area contributed by atoms with Gasteiger partial charge in [-0.2, -0.15) is 0 Å². The van der Waals surface area contributed by atoms with Crippen molar-refractivity contribution < 1.29 is 4.39 Å². The fourth-order valence-electron chi connectivity index (χ4n) is 7.03. The smallest absolute Gasteiger partial charge is 0.136 e. The Labute approximate surface area is 238 Å². The molecule has 2 unspecified atom stereocenters. The predicted molar refractivity (Wildman–Crippen MR) is 169 cm³/mol. The van der Waals surface area contributed by atoms with E-state index < -0.39 is 0 Å². The molecule has 1 saturated carbocycles. The molecule has 0 amide bonds. The first-order valence-corrected chi connectivity index (χ1v) is 15.8. The Balaban J connectivity index is 1.60. The maximum atomic E-state index is 16.5. The van der Waals surface area contributed by atoms with Gasteiger partial charge in [0.2, 0.25) is 0 Å². The minimum atomic E-state index is 0.0666. The quantitative estimate of drug-likeness (QED) is 0.172. The Hall–Kier alpha value is -2.16.